The summed E-state index contributed by atoms with van der Waals surface area (Å²) in [4.78, 5) is 29.6. The molecule has 0 aliphatic carbocycles. The van der Waals surface area contributed by atoms with Crippen molar-refractivity contribution in [1.29, 1.82) is 0 Å². The van der Waals surface area contributed by atoms with E-state index in [1.165, 1.54) is 18.2 Å². The molecule has 0 unspecified atom stereocenters. The smallest absolute Gasteiger partial charge is 0.276 e. The average molecular weight is 323 g/mol. The van der Waals surface area contributed by atoms with Gasteiger partial charge in [0.25, 0.3) is 16.6 Å². The van der Waals surface area contributed by atoms with E-state index in [-0.39, 0.29) is 11.4 Å². The molecule has 0 aliphatic heterocycles. The van der Waals surface area contributed by atoms with Gasteiger partial charge in [0.2, 0.25) is 0 Å². The molecule has 2 aromatic carbocycles. The van der Waals surface area contributed by atoms with Crippen LogP contribution in [-0.4, -0.2) is 15.1 Å². The number of halogens is 1. The van der Waals surface area contributed by atoms with Gasteiger partial charge >= 0.3 is 0 Å². The Balaban J connectivity index is 0.000000224. The van der Waals surface area contributed by atoms with E-state index in [1.54, 1.807) is 12.1 Å². The summed E-state index contributed by atoms with van der Waals surface area (Å²) >= 11 is 5.27. The van der Waals surface area contributed by atoms with Gasteiger partial charge in [-0.15, -0.1) is 0 Å². The number of nitro groups is 2. The van der Waals surface area contributed by atoms with Crippen LogP contribution in [0, 0.1) is 27.2 Å². The molecule has 8 heteroatoms. The van der Waals surface area contributed by atoms with Gasteiger partial charge in [-0.1, -0.05) is 18.2 Å². The minimum Gasteiger partial charge on any atom is -0.276 e. The molecular weight excluding hydrogens is 312 g/mol. The molecule has 0 heterocycles. The molecule has 2 rings (SSSR count). The Hall–Kier alpha value is -2.80. The summed E-state index contributed by atoms with van der Waals surface area (Å²) < 4.78 is 0. The number of benzene rings is 2. The molecule has 22 heavy (non-hydrogen) atoms. The third kappa shape index (κ3) is 4.95. The Morgan fingerprint density at radius 1 is 0.955 bits per heavy atom. The second-order valence-electron chi connectivity index (χ2n) is 4.12. The van der Waals surface area contributed by atoms with Crippen LogP contribution in [0.15, 0.2) is 48.5 Å². The maximum absolute atomic E-state index is 10.6. The highest BCUT2D eigenvalue weighted by Crippen LogP contribution is 2.18. The van der Waals surface area contributed by atoms with Gasteiger partial charge < -0.3 is 0 Å². The lowest BCUT2D eigenvalue weighted by molar-refractivity contribution is -0.394. The van der Waals surface area contributed by atoms with Crippen molar-refractivity contribution >= 4 is 28.2 Å². The van der Waals surface area contributed by atoms with Crippen LogP contribution in [0.3, 0.4) is 0 Å². The molecule has 0 amide bonds. The van der Waals surface area contributed by atoms with E-state index in [2.05, 4.69) is 0 Å². The van der Waals surface area contributed by atoms with Gasteiger partial charge in [0.05, 0.1) is 15.9 Å². The fourth-order valence-electron chi connectivity index (χ4n) is 1.51. The zero-order valence-electron chi connectivity index (χ0n) is 11.4. The summed E-state index contributed by atoms with van der Waals surface area (Å²) in [5.74, 6) is 0. The van der Waals surface area contributed by atoms with Crippen LogP contribution in [0.5, 0.6) is 0 Å². The quantitative estimate of drug-likeness (QED) is 0.484. The monoisotopic (exact) mass is 322 g/mol. The Bertz CT molecular complexity index is 689. The van der Waals surface area contributed by atoms with Crippen molar-refractivity contribution < 1.29 is 14.6 Å². The van der Waals surface area contributed by atoms with E-state index >= 15 is 0 Å². The maximum Gasteiger partial charge on any atom is 0.276 e. The molecule has 114 valence electrons. The summed E-state index contributed by atoms with van der Waals surface area (Å²) in [6.07, 6.45) is 0. The highest BCUT2D eigenvalue weighted by molar-refractivity contribution is 6.67. The van der Waals surface area contributed by atoms with Crippen LogP contribution < -0.4 is 0 Å². The summed E-state index contributed by atoms with van der Waals surface area (Å²) in [7, 11) is 0. The fraction of sp³-hybridized carbons (Fsp3) is 0.0714. The molecule has 0 N–H and O–H groups in total. The molecule has 0 bridgehead atoms. The second kappa shape index (κ2) is 7.84. The molecule has 0 radical (unpaired) electrons. The lowest BCUT2D eigenvalue weighted by Crippen LogP contribution is -1.91. The van der Waals surface area contributed by atoms with Crippen molar-refractivity contribution in [1.82, 2.24) is 0 Å². The van der Waals surface area contributed by atoms with Gasteiger partial charge in [-0.25, -0.2) is 0 Å². The minimum atomic E-state index is -0.674. The first kappa shape index (κ1) is 17.3. The highest BCUT2D eigenvalue weighted by atomic mass is 35.5. The predicted molar refractivity (Wildman–Crippen MR) is 81.1 cm³/mol. The first-order chi connectivity index (χ1) is 10.3. The first-order valence-electron chi connectivity index (χ1n) is 5.97. The molecule has 7 nitrogen and oxygen atoms in total. The largest absolute Gasteiger partial charge is 0.276 e. The van der Waals surface area contributed by atoms with Gasteiger partial charge in [-0.05, 0) is 36.2 Å². The topological polar surface area (TPSA) is 103 Å². The number of aryl methyl sites for hydroxylation is 1. The van der Waals surface area contributed by atoms with Crippen molar-refractivity contribution in [2.45, 2.75) is 6.92 Å². The van der Waals surface area contributed by atoms with Gasteiger partial charge in [0.1, 0.15) is 0 Å². The van der Waals surface area contributed by atoms with Crippen molar-refractivity contribution in [3.05, 3.63) is 79.9 Å². The number of nitro benzene ring substituents is 2. The minimum absolute atomic E-state index is 0.274. The Morgan fingerprint density at radius 2 is 1.45 bits per heavy atom. The SMILES string of the molecule is Cc1ccccc1C(=O)Cl.O=[N+]([O-])c1cccc([N+](=O)[O-])c1. The molecule has 0 spiro atoms. The molecule has 0 aromatic heterocycles. The van der Waals surface area contributed by atoms with Crippen LogP contribution in [0.1, 0.15) is 15.9 Å². The summed E-state index contributed by atoms with van der Waals surface area (Å²) in [5, 5.41) is 19.9. The summed E-state index contributed by atoms with van der Waals surface area (Å²) in [5.41, 5.74) is 0.958. The Kier molecular flexibility index (Phi) is 6.15. The number of rotatable bonds is 3. The third-order valence-corrected chi connectivity index (χ3v) is 2.81. The fourth-order valence-corrected chi connectivity index (χ4v) is 1.73. The van der Waals surface area contributed by atoms with Crippen LogP contribution in [0.2, 0.25) is 0 Å². The average Bonchev–Trinajstić information content (AvgIpc) is 2.48. The van der Waals surface area contributed by atoms with Crippen LogP contribution >= 0.6 is 11.6 Å². The van der Waals surface area contributed by atoms with Crippen molar-refractivity contribution in [2.24, 2.45) is 0 Å². The lowest BCUT2D eigenvalue weighted by atomic mass is 10.1. The van der Waals surface area contributed by atoms with Crippen molar-refractivity contribution in [3.8, 4) is 0 Å². The number of carbonyl (C=O) groups is 1. The van der Waals surface area contributed by atoms with Crippen LogP contribution in [0.25, 0.3) is 0 Å². The van der Waals surface area contributed by atoms with E-state index in [0.717, 1.165) is 11.6 Å². The molecule has 0 saturated heterocycles. The van der Waals surface area contributed by atoms with E-state index in [4.69, 9.17) is 11.6 Å². The maximum atomic E-state index is 10.6. The summed E-state index contributed by atoms with van der Waals surface area (Å²) in [6, 6.07) is 11.8. The number of non-ortho nitro benzene ring substituents is 2. The van der Waals surface area contributed by atoms with Crippen LogP contribution in [0.4, 0.5) is 11.4 Å². The molecule has 0 atom stereocenters. The number of nitrogens with zero attached hydrogens (tertiary/aromatic N) is 2. The third-order valence-electron chi connectivity index (χ3n) is 2.61. The zero-order valence-corrected chi connectivity index (χ0v) is 12.2. The van der Waals surface area contributed by atoms with Gasteiger partial charge in [-0.3, -0.25) is 25.0 Å². The van der Waals surface area contributed by atoms with E-state index in [0.29, 0.717) is 5.56 Å². The first-order valence-corrected chi connectivity index (χ1v) is 6.35. The summed E-state index contributed by atoms with van der Waals surface area (Å²) in [6.45, 7) is 1.86. The van der Waals surface area contributed by atoms with Gasteiger partial charge in [-0.2, -0.15) is 0 Å². The van der Waals surface area contributed by atoms with Crippen molar-refractivity contribution in [3.63, 3.8) is 0 Å². The standard InChI is InChI=1S/C8H7ClO.C6H4N2O4/c1-6-4-2-3-5-7(6)8(9)10;9-7(10)5-2-1-3-6(4-5)8(11)12/h2-5H,1H3;1-4H. The molecule has 0 aliphatic rings. The van der Waals surface area contributed by atoms with Crippen molar-refractivity contribution in [2.75, 3.05) is 0 Å². The molecular formula is C14H11ClN2O5. The highest BCUT2D eigenvalue weighted by Gasteiger charge is 2.11. The lowest BCUT2D eigenvalue weighted by Gasteiger charge is -1.96. The number of hydrogen-bond donors (Lipinski definition) is 0. The van der Waals surface area contributed by atoms with E-state index < -0.39 is 15.1 Å². The normalized spacial score (nSPS) is 9.36. The Labute approximate surface area is 130 Å². The molecule has 0 fully saturated rings. The van der Waals surface area contributed by atoms with Gasteiger partial charge in [0.15, 0.2) is 0 Å². The van der Waals surface area contributed by atoms with Gasteiger partial charge in [0, 0.05) is 17.7 Å². The molecule has 0 saturated carbocycles. The second-order valence-corrected chi connectivity index (χ2v) is 4.47. The zero-order chi connectivity index (χ0) is 16.7. The van der Waals surface area contributed by atoms with E-state index in [9.17, 15) is 25.0 Å². The Morgan fingerprint density at radius 3 is 1.82 bits per heavy atom. The number of carbonyl (C=O) groups excluding carboxylic acids is 1. The molecule has 2 aromatic rings. The predicted octanol–water partition coefficient (Wildman–Crippen LogP) is 3.88. The van der Waals surface area contributed by atoms with E-state index in [1.807, 2.05) is 19.1 Å². The number of hydrogen-bond acceptors (Lipinski definition) is 5. The van der Waals surface area contributed by atoms with Crippen LogP contribution in [-0.2, 0) is 0 Å².